The number of amides is 1. The number of H-pyrrole nitrogens is 2. The molecule has 4 rings (SSSR count). The number of nitrogens with two attached hydrogens (primary N) is 1. The van der Waals surface area contributed by atoms with Gasteiger partial charge in [-0.15, -0.1) is 0 Å². The van der Waals surface area contributed by atoms with Gasteiger partial charge < -0.3 is 10.7 Å². The van der Waals surface area contributed by atoms with Crippen molar-refractivity contribution in [3.05, 3.63) is 71.7 Å². The predicted octanol–water partition coefficient (Wildman–Crippen LogP) is 3.23. The first-order valence-electron chi connectivity index (χ1n) is 8.58. The van der Waals surface area contributed by atoms with Crippen molar-refractivity contribution < 1.29 is 4.79 Å². The van der Waals surface area contributed by atoms with Crippen LogP contribution >= 0.6 is 0 Å². The second-order valence-electron chi connectivity index (χ2n) is 6.23. The number of benzene rings is 2. The van der Waals surface area contributed by atoms with Gasteiger partial charge in [0.05, 0.1) is 0 Å². The van der Waals surface area contributed by atoms with Crippen LogP contribution in [-0.4, -0.2) is 26.1 Å². The van der Waals surface area contributed by atoms with Gasteiger partial charge in [0.1, 0.15) is 5.82 Å². The molecule has 0 fully saturated rings. The van der Waals surface area contributed by atoms with Gasteiger partial charge in [-0.05, 0) is 36.6 Å². The first-order chi connectivity index (χ1) is 12.7. The second-order valence-corrected chi connectivity index (χ2v) is 6.23. The van der Waals surface area contributed by atoms with Crippen molar-refractivity contribution in [2.75, 3.05) is 0 Å². The van der Waals surface area contributed by atoms with E-state index in [1.165, 1.54) is 0 Å². The molecule has 2 heterocycles. The first kappa shape index (κ1) is 16.1. The number of primary amides is 1. The number of fused-ring (bicyclic) bond motifs is 1. The molecule has 4 aromatic rings. The summed E-state index contributed by atoms with van der Waals surface area (Å²) in [5, 5.41) is 8.49. The molecule has 2 aromatic heterocycles. The van der Waals surface area contributed by atoms with Crippen LogP contribution in [0.3, 0.4) is 0 Å². The summed E-state index contributed by atoms with van der Waals surface area (Å²) in [5.41, 5.74) is 9.06. The van der Waals surface area contributed by atoms with Gasteiger partial charge in [0.2, 0.25) is 5.91 Å². The molecule has 0 aliphatic heterocycles. The van der Waals surface area contributed by atoms with E-state index in [1.807, 2.05) is 48.7 Å². The van der Waals surface area contributed by atoms with E-state index in [0.29, 0.717) is 11.4 Å². The molecule has 2 aromatic carbocycles. The summed E-state index contributed by atoms with van der Waals surface area (Å²) in [6.07, 6.45) is 4.29. The highest BCUT2D eigenvalue weighted by Crippen LogP contribution is 2.25. The minimum Gasteiger partial charge on any atom is -0.366 e. The minimum absolute atomic E-state index is 0.387. The van der Waals surface area contributed by atoms with E-state index >= 15 is 0 Å². The lowest BCUT2D eigenvalue weighted by atomic mass is 10.0. The monoisotopic (exact) mass is 345 g/mol. The SMILES string of the molecule is NC(=O)c1ccccc1CCCc1nc(-c2cccc3[nH]ccc23)n[nH]1. The molecule has 130 valence electrons. The molecule has 0 unspecified atom stereocenters. The number of aryl methyl sites for hydroxylation is 2. The third kappa shape index (κ3) is 3.09. The van der Waals surface area contributed by atoms with Crippen LogP contribution in [0.5, 0.6) is 0 Å². The molecule has 0 atom stereocenters. The molecule has 0 spiro atoms. The van der Waals surface area contributed by atoms with Gasteiger partial charge in [0, 0.05) is 34.6 Å². The molecule has 6 nitrogen and oxygen atoms in total. The number of rotatable bonds is 6. The summed E-state index contributed by atoms with van der Waals surface area (Å²) in [6.45, 7) is 0. The summed E-state index contributed by atoms with van der Waals surface area (Å²) >= 11 is 0. The quantitative estimate of drug-likeness (QED) is 0.500. The van der Waals surface area contributed by atoms with Crippen LogP contribution in [0, 0.1) is 0 Å². The minimum atomic E-state index is -0.387. The maximum Gasteiger partial charge on any atom is 0.248 e. The molecule has 26 heavy (non-hydrogen) atoms. The van der Waals surface area contributed by atoms with Gasteiger partial charge in [-0.25, -0.2) is 4.98 Å². The van der Waals surface area contributed by atoms with Gasteiger partial charge >= 0.3 is 0 Å². The highest BCUT2D eigenvalue weighted by molar-refractivity contribution is 5.94. The van der Waals surface area contributed by atoms with E-state index in [4.69, 9.17) is 5.73 Å². The summed E-state index contributed by atoms with van der Waals surface area (Å²) in [7, 11) is 0. The Morgan fingerprint density at radius 1 is 1.04 bits per heavy atom. The zero-order chi connectivity index (χ0) is 17.9. The molecular weight excluding hydrogens is 326 g/mol. The maximum atomic E-state index is 11.5. The Bertz CT molecular complexity index is 1060. The van der Waals surface area contributed by atoms with Crippen molar-refractivity contribution in [3.8, 4) is 11.4 Å². The lowest BCUT2D eigenvalue weighted by molar-refractivity contribution is 0.0999. The topological polar surface area (TPSA) is 100 Å². The number of hydrogen-bond acceptors (Lipinski definition) is 3. The largest absolute Gasteiger partial charge is 0.366 e. The van der Waals surface area contributed by atoms with Gasteiger partial charge in [-0.1, -0.05) is 30.3 Å². The fraction of sp³-hybridized carbons (Fsp3) is 0.150. The van der Waals surface area contributed by atoms with Gasteiger partial charge in [-0.3, -0.25) is 9.89 Å². The van der Waals surface area contributed by atoms with Gasteiger partial charge in [0.15, 0.2) is 5.82 Å². The Morgan fingerprint density at radius 3 is 2.81 bits per heavy atom. The molecule has 0 aliphatic carbocycles. The molecule has 0 radical (unpaired) electrons. The van der Waals surface area contributed by atoms with Crippen LogP contribution in [0.4, 0.5) is 0 Å². The zero-order valence-electron chi connectivity index (χ0n) is 14.2. The van der Waals surface area contributed by atoms with Crippen LogP contribution in [0.25, 0.3) is 22.3 Å². The van der Waals surface area contributed by atoms with Crippen LogP contribution in [0.1, 0.15) is 28.2 Å². The molecule has 0 aliphatic rings. The van der Waals surface area contributed by atoms with E-state index in [1.54, 1.807) is 6.07 Å². The Hall–Kier alpha value is -3.41. The van der Waals surface area contributed by atoms with Crippen molar-refractivity contribution in [1.82, 2.24) is 20.2 Å². The number of hydrogen-bond donors (Lipinski definition) is 3. The van der Waals surface area contributed by atoms with E-state index in [0.717, 1.165) is 47.1 Å². The maximum absolute atomic E-state index is 11.5. The summed E-state index contributed by atoms with van der Waals surface area (Å²) < 4.78 is 0. The average molecular weight is 345 g/mol. The molecule has 0 saturated heterocycles. The molecule has 1 amide bonds. The van der Waals surface area contributed by atoms with E-state index < -0.39 is 0 Å². The second kappa shape index (κ2) is 6.84. The number of nitrogens with one attached hydrogen (secondary N) is 2. The lowest BCUT2D eigenvalue weighted by Gasteiger charge is -2.05. The third-order valence-electron chi connectivity index (χ3n) is 4.51. The van der Waals surface area contributed by atoms with Crippen molar-refractivity contribution in [1.29, 1.82) is 0 Å². The van der Waals surface area contributed by atoms with E-state index in [-0.39, 0.29) is 5.91 Å². The van der Waals surface area contributed by atoms with E-state index in [2.05, 4.69) is 20.2 Å². The smallest absolute Gasteiger partial charge is 0.248 e. The number of nitrogens with zero attached hydrogens (tertiary/aromatic N) is 2. The van der Waals surface area contributed by atoms with Crippen molar-refractivity contribution in [2.24, 2.45) is 5.73 Å². The van der Waals surface area contributed by atoms with Gasteiger partial charge in [-0.2, -0.15) is 5.10 Å². The highest BCUT2D eigenvalue weighted by Gasteiger charge is 2.11. The fourth-order valence-corrected chi connectivity index (χ4v) is 3.23. The molecule has 0 saturated carbocycles. The summed E-state index contributed by atoms with van der Waals surface area (Å²) in [6, 6.07) is 15.5. The zero-order valence-corrected chi connectivity index (χ0v) is 14.2. The normalized spacial score (nSPS) is 11.1. The van der Waals surface area contributed by atoms with Crippen molar-refractivity contribution in [3.63, 3.8) is 0 Å². The number of aromatic amines is 2. The fourth-order valence-electron chi connectivity index (χ4n) is 3.23. The molecular formula is C20H19N5O. The first-order valence-corrected chi connectivity index (χ1v) is 8.58. The average Bonchev–Trinajstić information content (AvgIpc) is 3.31. The Labute approximate surface area is 150 Å². The number of carbonyl (C=O) groups is 1. The summed E-state index contributed by atoms with van der Waals surface area (Å²) in [4.78, 5) is 19.3. The Balaban J connectivity index is 1.47. The summed E-state index contributed by atoms with van der Waals surface area (Å²) in [5.74, 6) is 1.15. The third-order valence-corrected chi connectivity index (χ3v) is 4.51. The standard InChI is InChI=1S/C20H19N5O/c21-19(26)14-7-2-1-5-13(14)6-3-10-18-23-20(25-24-18)16-8-4-9-17-15(16)11-12-22-17/h1-2,4-5,7-9,11-12,22H,3,6,10H2,(H2,21,26)(H,23,24,25). The number of aromatic nitrogens is 4. The van der Waals surface area contributed by atoms with Crippen LogP contribution in [0.2, 0.25) is 0 Å². The molecule has 4 N–H and O–H groups in total. The Morgan fingerprint density at radius 2 is 1.92 bits per heavy atom. The van der Waals surface area contributed by atoms with Crippen LogP contribution in [0.15, 0.2) is 54.7 Å². The molecule has 6 heteroatoms. The van der Waals surface area contributed by atoms with Crippen LogP contribution < -0.4 is 5.73 Å². The van der Waals surface area contributed by atoms with Gasteiger partial charge in [0.25, 0.3) is 0 Å². The van der Waals surface area contributed by atoms with Crippen molar-refractivity contribution in [2.45, 2.75) is 19.3 Å². The highest BCUT2D eigenvalue weighted by atomic mass is 16.1. The van der Waals surface area contributed by atoms with E-state index in [9.17, 15) is 4.79 Å². The Kier molecular flexibility index (Phi) is 4.23. The van der Waals surface area contributed by atoms with Crippen LogP contribution in [-0.2, 0) is 12.8 Å². The van der Waals surface area contributed by atoms with Crippen molar-refractivity contribution >= 4 is 16.8 Å². The molecule has 0 bridgehead atoms. The predicted molar refractivity (Wildman–Crippen MR) is 101 cm³/mol. The lowest BCUT2D eigenvalue weighted by Crippen LogP contribution is -2.13. The number of carbonyl (C=O) groups excluding carboxylic acids is 1.